The van der Waals surface area contributed by atoms with Crippen molar-refractivity contribution in [3.63, 3.8) is 0 Å². The average molecular weight is 468 g/mol. The van der Waals surface area contributed by atoms with E-state index in [1.807, 2.05) is 0 Å². The Balaban J connectivity index is 1.47. The van der Waals surface area contributed by atoms with Gasteiger partial charge in [-0.25, -0.2) is 4.39 Å². The third kappa shape index (κ3) is 4.70. The van der Waals surface area contributed by atoms with Gasteiger partial charge in [0, 0.05) is 32.6 Å². The molecule has 2 N–H and O–H groups in total. The summed E-state index contributed by atoms with van der Waals surface area (Å²) >= 11 is 0. The van der Waals surface area contributed by atoms with Crippen molar-refractivity contribution in [1.29, 1.82) is 0 Å². The first kappa shape index (κ1) is 23.2. The van der Waals surface area contributed by atoms with E-state index in [2.05, 4.69) is 5.10 Å². The number of amides is 3. The number of halogens is 1. The zero-order chi connectivity index (χ0) is 24.2. The van der Waals surface area contributed by atoms with Crippen molar-refractivity contribution < 1.29 is 23.5 Å². The Morgan fingerprint density at radius 3 is 2.26 bits per heavy atom. The Hall–Kier alpha value is -3.95. The minimum atomic E-state index is -0.833. The maximum atomic E-state index is 13.3. The predicted octanol–water partition coefficient (Wildman–Crippen LogP) is 1.63. The zero-order valence-electron chi connectivity index (χ0n) is 18.8. The molecular formula is C24H26FN5O4. The summed E-state index contributed by atoms with van der Waals surface area (Å²) < 4.78 is 18.6. The Morgan fingerprint density at radius 2 is 1.62 bits per heavy atom. The lowest BCUT2D eigenvalue weighted by atomic mass is 10.1. The van der Waals surface area contributed by atoms with Crippen molar-refractivity contribution in [1.82, 2.24) is 9.80 Å². The molecule has 2 aromatic rings. The monoisotopic (exact) mass is 467 g/mol. The average Bonchev–Trinajstić information content (AvgIpc) is 3.15. The van der Waals surface area contributed by atoms with Crippen LogP contribution in [0.25, 0.3) is 0 Å². The second kappa shape index (κ2) is 9.90. The number of hydrazone groups is 1. The van der Waals surface area contributed by atoms with E-state index in [1.54, 1.807) is 34.1 Å². The molecule has 2 aromatic carbocycles. The van der Waals surface area contributed by atoms with Crippen LogP contribution in [0.5, 0.6) is 5.75 Å². The van der Waals surface area contributed by atoms with Crippen LogP contribution in [-0.2, 0) is 9.59 Å². The number of methoxy groups -OCH3 is 1. The van der Waals surface area contributed by atoms with Gasteiger partial charge in [-0.3, -0.25) is 19.4 Å². The van der Waals surface area contributed by atoms with Gasteiger partial charge in [0.25, 0.3) is 11.8 Å². The first-order valence-electron chi connectivity index (χ1n) is 11.0. The number of nitrogens with zero attached hydrogens (tertiary/aromatic N) is 4. The number of nitrogens with two attached hydrogens (primary N) is 1. The molecule has 0 aromatic heterocycles. The van der Waals surface area contributed by atoms with Gasteiger partial charge in [0.2, 0.25) is 5.91 Å². The van der Waals surface area contributed by atoms with Gasteiger partial charge < -0.3 is 20.3 Å². The highest BCUT2D eigenvalue weighted by atomic mass is 19.1. The van der Waals surface area contributed by atoms with E-state index in [0.717, 1.165) is 0 Å². The first-order chi connectivity index (χ1) is 16.4. The molecule has 1 atom stereocenters. The van der Waals surface area contributed by atoms with Crippen LogP contribution in [0.3, 0.4) is 0 Å². The number of anilines is 1. The fourth-order valence-corrected chi connectivity index (χ4v) is 4.19. The van der Waals surface area contributed by atoms with Crippen molar-refractivity contribution in [2.24, 2.45) is 10.8 Å². The molecule has 0 bridgehead atoms. The molecule has 178 valence electrons. The summed E-state index contributed by atoms with van der Waals surface area (Å²) in [6.45, 7) is 1.64. The highest BCUT2D eigenvalue weighted by Crippen LogP contribution is 2.26. The van der Waals surface area contributed by atoms with Gasteiger partial charge in [0.15, 0.2) is 0 Å². The van der Waals surface area contributed by atoms with Crippen LogP contribution in [0.4, 0.5) is 10.1 Å². The molecule has 0 saturated carbocycles. The maximum Gasteiger partial charge on any atom is 0.270 e. The molecule has 9 nitrogen and oxygen atoms in total. The van der Waals surface area contributed by atoms with E-state index >= 15 is 0 Å². The normalized spacial score (nSPS) is 18.4. The SMILES string of the molecule is COc1ccccc1C(=O)N1CCCN(C(=O)C2=NN(c3ccc(F)cc3)C(C(N)=O)C2)CC1. The molecule has 0 spiro atoms. The van der Waals surface area contributed by atoms with Gasteiger partial charge in [-0.05, 0) is 42.8 Å². The van der Waals surface area contributed by atoms with Crippen LogP contribution in [0, 0.1) is 5.82 Å². The maximum absolute atomic E-state index is 13.3. The smallest absolute Gasteiger partial charge is 0.270 e. The van der Waals surface area contributed by atoms with E-state index in [4.69, 9.17) is 10.5 Å². The quantitative estimate of drug-likeness (QED) is 0.719. The minimum Gasteiger partial charge on any atom is -0.496 e. The van der Waals surface area contributed by atoms with Crippen LogP contribution >= 0.6 is 0 Å². The van der Waals surface area contributed by atoms with Gasteiger partial charge in [-0.15, -0.1) is 0 Å². The van der Waals surface area contributed by atoms with Crippen LogP contribution in [-0.4, -0.2) is 72.6 Å². The number of ether oxygens (including phenoxy) is 1. The number of carbonyl (C=O) groups excluding carboxylic acids is 3. The number of hydrogen-bond acceptors (Lipinski definition) is 6. The Morgan fingerprint density at radius 1 is 0.971 bits per heavy atom. The van der Waals surface area contributed by atoms with Crippen molar-refractivity contribution in [3.05, 3.63) is 59.9 Å². The van der Waals surface area contributed by atoms with Gasteiger partial charge in [-0.2, -0.15) is 5.10 Å². The molecule has 3 amide bonds. The van der Waals surface area contributed by atoms with Crippen LogP contribution in [0.1, 0.15) is 23.2 Å². The van der Waals surface area contributed by atoms with Crippen LogP contribution in [0.2, 0.25) is 0 Å². The number of rotatable bonds is 5. The molecule has 10 heteroatoms. The molecule has 1 saturated heterocycles. The number of hydrogen-bond donors (Lipinski definition) is 1. The third-order valence-corrected chi connectivity index (χ3v) is 5.98. The molecule has 2 heterocycles. The molecule has 4 rings (SSSR count). The molecule has 2 aliphatic heterocycles. The third-order valence-electron chi connectivity index (χ3n) is 5.98. The zero-order valence-corrected chi connectivity index (χ0v) is 18.8. The van der Waals surface area contributed by atoms with Gasteiger partial charge >= 0.3 is 0 Å². The van der Waals surface area contributed by atoms with Crippen molar-refractivity contribution in [3.8, 4) is 5.75 Å². The summed E-state index contributed by atoms with van der Waals surface area (Å²) in [4.78, 5) is 41.6. The number of primary amides is 1. The Labute approximate surface area is 196 Å². The van der Waals surface area contributed by atoms with Gasteiger partial charge in [-0.1, -0.05) is 12.1 Å². The molecular weight excluding hydrogens is 441 g/mol. The summed E-state index contributed by atoms with van der Waals surface area (Å²) in [6.07, 6.45) is 0.659. The fourth-order valence-electron chi connectivity index (χ4n) is 4.19. The summed E-state index contributed by atoms with van der Waals surface area (Å²) in [5, 5.41) is 5.72. The molecule has 0 aliphatic carbocycles. The topological polar surface area (TPSA) is 109 Å². The first-order valence-corrected chi connectivity index (χ1v) is 11.0. The standard InChI is InChI=1S/C24H26FN5O4/c1-34-21-6-3-2-5-18(21)23(32)28-11-4-12-29(14-13-28)24(33)19-15-20(22(26)31)30(27-19)17-9-7-16(25)8-10-17/h2-3,5-10,20H,4,11-15H2,1H3,(H2,26,31). The van der Waals surface area contributed by atoms with E-state index in [0.29, 0.717) is 49.6 Å². The van der Waals surface area contributed by atoms with E-state index in [9.17, 15) is 18.8 Å². The van der Waals surface area contributed by atoms with Crippen LogP contribution < -0.4 is 15.5 Å². The summed E-state index contributed by atoms with van der Waals surface area (Å²) in [6, 6.07) is 11.7. The van der Waals surface area contributed by atoms with E-state index < -0.39 is 17.8 Å². The van der Waals surface area contributed by atoms with Crippen molar-refractivity contribution >= 4 is 29.1 Å². The Bertz CT molecular complexity index is 1120. The number of benzene rings is 2. The predicted molar refractivity (Wildman–Crippen MR) is 124 cm³/mol. The molecule has 1 unspecified atom stereocenters. The lowest BCUT2D eigenvalue weighted by Gasteiger charge is -2.22. The second-order valence-electron chi connectivity index (χ2n) is 8.13. The Kier molecular flexibility index (Phi) is 6.76. The molecule has 34 heavy (non-hydrogen) atoms. The molecule has 2 aliphatic rings. The summed E-state index contributed by atoms with van der Waals surface area (Å²) in [7, 11) is 1.52. The summed E-state index contributed by atoms with van der Waals surface area (Å²) in [5.74, 6) is -0.997. The molecule has 0 radical (unpaired) electrons. The van der Waals surface area contributed by atoms with E-state index in [-0.39, 0.29) is 23.9 Å². The lowest BCUT2D eigenvalue weighted by molar-refractivity contribution is -0.124. The highest BCUT2D eigenvalue weighted by molar-refractivity contribution is 6.40. The largest absolute Gasteiger partial charge is 0.496 e. The van der Waals surface area contributed by atoms with Crippen molar-refractivity contribution in [2.75, 3.05) is 38.3 Å². The number of para-hydroxylation sites is 1. The van der Waals surface area contributed by atoms with Gasteiger partial charge in [0.1, 0.15) is 23.3 Å². The lowest BCUT2D eigenvalue weighted by Crippen LogP contribution is -2.41. The van der Waals surface area contributed by atoms with E-state index in [1.165, 1.54) is 36.4 Å². The highest BCUT2D eigenvalue weighted by Gasteiger charge is 2.37. The summed E-state index contributed by atoms with van der Waals surface area (Å²) in [5.41, 5.74) is 6.70. The second-order valence-corrected chi connectivity index (χ2v) is 8.13. The minimum absolute atomic E-state index is 0.0614. The number of carbonyl (C=O) groups is 3. The van der Waals surface area contributed by atoms with Crippen LogP contribution in [0.15, 0.2) is 53.6 Å². The fraction of sp³-hybridized carbons (Fsp3) is 0.333. The molecule has 1 fully saturated rings. The van der Waals surface area contributed by atoms with Crippen molar-refractivity contribution in [2.45, 2.75) is 18.9 Å². The van der Waals surface area contributed by atoms with Gasteiger partial charge in [0.05, 0.1) is 18.4 Å².